The highest BCUT2D eigenvalue weighted by atomic mass is 19.1. The number of rotatable bonds is 10. The lowest BCUT2D eigenvalue weighted by Crippen LogP contribution is -2.30. The van der Waals surface area contributed by atoms with E-state index in [1.54, 1.807) is 0 Å². The van der Waals surface area contributed by atoms with Crippen molar-refractivity contribution in [1.29, 1.82) is 0 Å². The molecule has 0 saturated carbocycles. The molecule has 168 valence electrons. The smallest absolute Gasteiger partial charge is 0.220 e. The Bertz CT molecular complexity index is 853. The minimum absolute atomic E-state index is 0.0544. The van der Waals surface area contributed by atoms with Crippen molar-refractivity contribution in [3.05, 3.63) is 70.8 Å². The Kier molecular flexibility index (Phi) is 8.95. The highest BCUT2D eigenvalue weighted by molar-refractivity contribution is 5.78. The molecule has 2 rings (SSSR count). The van der Waals surface area contributed by atoms with E-state index in [9.17, 15) is 37.4 Å². The molecule has 0 aliphatic heterocycles. The molecule has 2 amide bonds. The van der Waals surface area contributed by atoms with Gasteiger partial charge in [-0.15, -0.1) is 0 Å². The number of nitrogens with one attached hydrogen (secondary N) is 2. The van der Waals surface area contributed by atoms with E-state index in [2.05, 4.69) is 10.6 Å². The summed E-state index contributed by atoms with van der Waals surface area (Å²) in [6, 6.07) is 5.39. The molecule has 0 aromatic heterocycles. The fourth-order valence-corrected chi connectivity index (χ4v) is 2.77. The highest BCUT2D eigenvalue weighted by Crippen LogP contribution is 2.18. The molecule has 0 fully saturated rings. The van der Waals surface area contributed by atoms with Gasteiger partial charge in [-0.3, -0.25) is 9.59 Å². The predicted octanol–water partition coefficient (Wildman–Crippen LogP) is 2.41. The van der Waals surface area contributed by atoms with Crippen molar-refractivity contribution in [1.82, 2.24) is 10.6 Å². The van der Waals surface area contributed by atoms with Crippen LogP contribution in [-0.2, 0) is 9.59 Å². The minimum atomic E-state index is -1.36. The molecule has 2 atom stereocenters. The van der Waals surface area contributed by atoms with Crippen LogP contribution in [0.15, 0.2) is 36.4 Å². The number of benzene rings is 2. The summed E-state index contributed by atoms with van der Waals surface area (Å²) in [6.07, 6.45) is -2.68. The molecule has 0 saturated heterocycles. The molecule has 2 unspecified atom stereocenters. The number of aliphatic hydroxyl groups excluding tert-OH is 2. The average Bonchev–Trinajstić information content (AvgIpc) is 2.70. The Morgan fingerprint density at radius 3 is 1.48 bits per heavy atom. The molecule has 0 spiro atoms. The van der Waals surface area contributed by atoms with Crippen molar-refractivity contribution in [3.8, 4) is 0 Å². The van der Waals surface area contributed by atoms with E-state index >= 15 is 0 Å². The Labute approximate surface area is 175 Å². The summed E-state index contributed by atoms with van der Waals surface area (Å²) < 4.78 is 52.9. The molecule has 31 heavy (non-hydrogen) atoms. The van der Waals surface area contributed by atoms with E-state index in [1.165, 1.54) is 0 Å². The van der Waals surface area contributed by atoms with Gasteiger partial charge >= 0.3 is 0 Å². The van der Waals surface area contributed by atoms with Crippen molar-refractivity contribution in [3.63, 3.8) is 0 Å². The number of carbonyl (C=O) groups excluding carboxylic acids is 2. The normalized spacial score (nSPS) is 12.8. The molecule has 0 bridgehead atoms. The van der Waals surface area contributed by atoms with Gasteiger partial charge in [-0.1, -0.05) is 12.1 Å². The Morgan fingerprint density at radius 2 is 1.13 bits per heavy atom. The molecule has 10 heteroatoms. The third-order valence-electron chi connectivity index (χ3n) is 4.44. The van der Waals surface area contributed by atoms with Gasteiger partial charge in [0.1, 0.15) is 23.3 Å². The Morgan fingerprint density at radius 1 is 0.742 bits per heavy atom. The first kappa shape index (κ1) is 24.3. The highest BCUT2D eigenvalue weighted by Gasteiger charge is 2.16. The summed E-state index contributed by atoms with van der Waals surface area (Å²) >= 11 is 0. The van der Waals surface area contributed by atoms with Crippen LogP contribution in [-0.4, -0.2) is 35.1 Å². The minimum Gasteiger partial charge on any atom is -0.386 e. The molecular formula is C21H22F4N2O4. The van der Waals surface area contributed by atoms with Crippen LogP contribution in [0.5, 0.6) is 0 Å². The quantitative estimate of drug-likeness (QED) is 0.425. The fraction of sp³-hybridized carbons (Fsp3) is 0.333. The van der Waals surface area contributed by atoms with Gasteiger partial charge in [0, 0.05) is 49.2 Å². The Balaban J connectivity index is 1.66. The third-order valence-corrected chi connectivity index (χ3v) is 4.44. The van der Waals surface area contributed by atoms with Gasteiger partial charge in [0.2, 0.25) is 11.8 Å². The van der Waals surface area contributed by atoms with Crippen LogP contribution >= 0.6 is 0 Å². The monoisotopic (exact) mass is 442 g/mol. The van der Waals surface area contributed by atoms with Gasteiger partial charge in [0.05, 0.1) is 12.2 Å². The number of amides is 2. The first-order valence-corrected chi connectivity index (χ1v) is 9.46. The summed E-state index contributed by atoms with van der Waals surface area (Å²) in [6.45, 7) is -0.577. The van der Waals surface area contributed by atoms with Gasteiger partial charge in [0.25, 0.3) is 0 Å². The van der Waals surface area contributed by atoms with Gasteiger partial charge in [0.15, 0.2) is 0 Å². The number of aliphatic hydroxyl groups is 2. The van der Waals surface area contributed by atoms with Crippen LogP contribution < -0.4 is 10.6 Å². The van der Waals surface area contributed by atoms with Crippen molar-refractivity contribution in [2.24, 2.45) is 0 Å². The Hall–Kier alpha value is -2.98. The van der Waals surface area contributed by atoms with Crippen molar-refractivity contribution in [2.45, 2.75) is 31.5 Å². The van der Waals surface area contributed by atoms with Gasteiger partial charge in [-0.25, -0.2) is 17.6 Å². The lowest BCUT2D eigenvalue weighted by Gasteiger charge is -2.14. The zero-order chi connectivity index (χ0) is 23.0. The van der Waals surface area contributed by atoms with E-state index in [-0.39, 0.29) is 43.5 Å². The molecule has 2 aromatic carbocycles. The predicted molar refractivity (Wildman–Crippen MR) is 103 cm³/mol. The lowest BCUT2D eigenvalue weighted by molar-refractivity contribution is -0.123. The van der Waals surface area contributed by atoms with Gasteiger partial charge < -0.3 is 20.8 Å². The van der Waals surface area contributed by atoms with Crippen molar-refractivity contribution < 1.29 is 37.4 Å². The molecule has 0 heterocycles. The molecular weight excluding hydrogens is 420 g/mol. The number of hydrogen-bond donors (Lipinski definition) is 4. The van der Waals surface area contributed by atoms with Crippen LogP contribution in [0.3, 0.4) is 0 Å². The summed E-state index contributed by atoms with van der Waals surface area (Å²) in [4.78, 5) is 23.6. The maximum Gasteiger partial charge on any atom is 0.220 e. The number of carbonyl (C=O) groups is 2. The van der Waals surface area contributed by atoms with E-state index in [0.29, 0.717) is 12.1 Å². The van der Waals surface area contributed by atoms with Crippen molar-refractivity contribution in [2.75, 3.05) is 13.1 Å². The summed E-state index contributed by atoms with van der Waals surface area (Å²) in [5.41, 5.74) is -0.311. The van der Waals surface area contributed by atoms with Crippen LogP contribution in [0, 0.1) is 23.3 Å². The SMILES string of the molecule is O=C(CCCC(=O)NCC(O)c1ccc(F)cc1F)NCC(O)c1ccc(F)cc1F. The van der Waals surface area contributed by atoms with E-state index < -0.39 is 47.3 Å². The summed E-state index contributed by atoms with van der Waals surface area (Å²) in [5.74, 6) is -4.40. The average molecular weight is 442 g/mol. The first-order valence-electron chi connectivity index (χ1n) is 9.46. The summed E-state index contributed by atoms with van der Waals surface area (Å²) in [5, 5.41) is 24.6. The van der Waals surface area contributed by atoms with Crippen LogP contribution in [0.2, 0.25) is 0 Å². The molecule has 6 nitrogen and oxygen atoms in total. The van der Waals surface area contributed by atoms with Gasteiger partial charge in [-0.05, 0) is 18.6 Å². The standard InChI is InChI=1S/C21H22F4N2O4/c22-12-4-6-14(16(24)8-12)18(28)10-26-20(30)2-1-3-21(31)27-11-19(29)15-7-5-13(23)9-17(15)25/h4-9,18-19,28-29H,1-3,10-11H2,(H,26,30)(H,27,31). The second kappa shape index (κ2) is 11.4. The van der Waals surface area contributed by atoms with E-state index in [1.807, 2.05) is 0 Å². The molecule has 0 aliphatic carbocycles. The third kappa shape index (κ3) is 7.65. The lowest BCUT2D eigenvalue weighted by atomic mass is 10.1. The maximum atomic E-state index is 13.6. The topological polar surface area (TPSA) is 98.7 Å². The zero-order valence-corrected chi connectivity index (χ0v) is 16.4. The largest absolute Gasteiger partial charge is 0.386 e. The molecule has 0 aliphatic rings. The molecule has 4 N–H and O–H groups in total. The number of halogens is 4. The maximum absolute atomic E-state index is 13.6. The van der Waals surface area contributed by atoms with Crippen molar-refractivity contribution >= 4 is 11.8 Å². The van der Waals surface area contributed by atoms with Gasteiger partial charge in [-0.2, -0.15) is 0 Å². The zero-order valence-electron chi connectivity index (χ0n) is 16.4. The van der Waals surface area contributed by atoms with E-state index in [0.717, 1.165) is 24.3 Å². The second-order valence-electron chi connectivity index (χ2n) is 6.82. The second-order valence-corrected chi connectivity index (χ2v) is 6.82. The van der Waals surface area contributed by atoms with Crippen LogP contribution in [0.25, 0.3) is 0 Å². The van der Waals surface area contributed by atoms with E-state index in [4.69, 9.17) is 0 Å². The molecule has 0 radical (unpaired) electrons. The summed E-state index contributed by atoms with van der Waals surface area (Å²) in [7, 11) is 0. The molecule has 2 aromatic rings. The van der Waals surface area contributed by atoms with Crippen LogP contribution in [0.1, 0.15) is 42.6 Å². The number of hydrogen-bond acceptors (Lipinski definition) is 4. The fourth-order valence-electron chi connectivity index (χ4n) is 2.77. The van der Waals surface area contributed by atoms with Crippen LogP contribution in [0.4, 0.5) is 17.6 Å². The first-order chi connectivity index (χ1) is 14.7.